The molecule has 2 unspecified atom stereocenters. The van der Waals surface area contributed by atoms with E-state index in [-0.39, 0.29) is 5.91 Å². The summed E-state index contributed by atoms with van der Waals surface area (Å²) in [6.07, 6.45) is 6.52. The van der Waals surface area contributed by atoms with E-state index in [1.54, 1.807) is 0 Å². The first-order chi connectivity index (χ1) is 10.3. The Morgan fingerprint density at radius 1 is 1.14 bits per heavy atom. The lowest BCUT2D eigenvalue weighted by Crippen LogP contribution is -2.35. The molecule has 2 aromatic rings. The number of benzene rings is 2. The minimum absolute atomic E-state index is 0.131. The summed E-state index contributed by atoms with van der Waals surface area (Å²) in [5.74, 6) is 1.05. The molecule has 2 aliphatic rings. The van der Waals surface area contributed by atoms with Gasteiger partial charge in [-0.15, -0.1) is 0 Å². The zero-order chi connectivity index (χ0) is 14.2. The third kappa shape index (κ3) is 2.05. The normalized spacial score (nSPS) is 24.9. The van der Waals surface area contributed by atoms with E-state index in [9.17, 15) is 4.79 Å². The maximum absolute atomic E-state index is 12.4. The monoisotopic (exact) mass is 276 g/mol. The number of hydrazone groups is 1. The Kier molecular flexibility index (Phi) is 2.85. The molecule has 0 spiro atoms. The summed E-state index contributed by atoms with van der Waals surface area (Å²) in [7, 11) is 0. The van der Waals surface area contributed by atoms with Gasteiger partial charge in [0.2, 0.25) is 0 Å². The van der Waals surface area contributed by atoms with E-state index in [0.29, 0.717) is 17.4 Å². The molecule has 4 rings (SSSR count). The molecule has 0 radical (unpaired) electrons. The van der Waals surface area contributed by atoms with Crippen molar-refractivity contribution in [2.45, 2.75) is 12.8 Å². The number of allylic oxidation sites excluding steroid dienone is 2. The van der Waals surface area contributed by atoms with Gasteiger partial charge in [0.05, 0.1) is 0 Å². The Bertz CT molecular complexity index is 770. The molecule has 2 aliphatic carbocycles. The summed E-state index contributed by atoms with van der Waals surface area (Å²) in [6.45, 7) is 0. The van der Waals surface area contributed by atoms with Crippen LogP contribution in [0.15, 0.2) is 59.7 Å². The third-order valence-electron chi connectivity index (χ3n) is 4.50. The molecule has 21 heavy (non-hydrogen) atoms. The molecule has 1 N–H and O–H groups in total. The van der Waals surface area contributed by atoms with E-state index in [4.69, 9.17) is 0 Å². The summed E-state index contributed by atoms with van der Waals surface area (Å²) in [5, 5.41) is 6.37. The predicted octanol–water partition coefficient (Wildman–Crippen LogP) is 3.52. The molecule has 1 amide bonds. The van der Waals surface area contributed by atoms with Crippen molar-refractivity contribution in [1.82, 2.24) is 5.43 Å². The van der Waals surface area contributed by atoms with Crippen LogP contribution < -0.4 is 5.43 Å². The second-order valence-electron chi connectivity index (χ2n) is 5.71. The zero-order valence-electron chi connectivity index (χ0n) is 11.6. The quantitative estimate of drug-likeness (QED) is 0.661. The third-order valence-corrected chi connectivity index (χ3v) is 4.50. The summed E-state index contributed by atoms with van der Waals surface area (Å²) in [4.78, 5) is 12.4. The summed E-state index contributed by atoms with van der Waals surface area (Å²) >= 11 is 0. The van der Waals surface area contributed by atoms with Gasteiger partial charge in [0, 0.05) is 17.2 Å². The fourth-order valence-corrected chi connectivity index (χ4v) is 3.27. The van der Waals surface area contributed by atoms with E-state index >= 15 is 0 Å². The first kappa shape index (κ1) is 12.3. The molecule has 2 atom stereocenters. The van der Waals surface area contributed by atoms with Crippen LogP contribution in [0.3, 0.4) is 0 Å². The first-order valence-corrected chi connectivity index (χ1v) is 7.34. The molecular weight excluding hydrogens is 260 g/mol. The van der Waals surface area contributed by atoms with Crippen molar-refractivity contribution in [2.75, 3.05) is 0 Å². The van der Waals surface area contributed by atoms with Crippen molar-refractivity contribution < 1.29 is 4.79 Å². The van der Waals surface area contributed by atoms with Crippen LogP contribution >= 0.6 is 0 Å². The van der Waals surface area contributed by atoms with Crippen molar-refractivity contribution in [2.24, 2.45) is 16.9 Å². The maximum atomic E-state index is 12.4. The van der Waals surface area contributed by atoms with E-state index in [1.807, 2.05) is 42.5 Å². The molecule has 0 aromatic heterocycles. The summed E-state index contributed by atoms with van der Waals surface area (Å²) in [6, 6.07) is 13.7. The van der Waals surface area contributed by atoms with Crippen LogP contribution in [0.2, 0.25) is 0 Å². The Morgan fingerprint density at radius 2 is 2.00 bits per heavy atom. The standard InChI is InChI=1S/C18H16N2O/c21-18(20-19-17-11-13-7-4-9-15(13)17)16-10-3-6-12-5-1-2-8-14(12)16/h1-8,10,13,15H,9,11H2,(H,20,21). The van der Waals surface area contributed by atoms with Gasteiger partial charge in [-0.25, -0.2) is 5.43 Å². The van der Waals surface area contributed by atoms with Gasteiger partial charge in [-0.05, 0) is 35.6 Å². The molecule has 0 heterocycles. The number of rotatable bonds is 2. The molecule has 2 aromatic carbocycles. The van der Waals surface area contributed by atoms with Crippen LogP contribution in [-0.2, 0) is 0 Å². The number of fused-ring (bicyclic) bond motifs is 2. The minimum Gasteiger partial charge on any atom is -0.267 e. The number of carbonyl (C=O) groups is 1. The lowest BCUT2D eigenvalue weighted by Gasteiger charge is -2.31. The highest BCUT2D eigenvalue weighted by Gasteiger charge is 2.38. The van der Waals surface area contributed by atoms with Gasteiger partial charge >= 0.3 is 0 Å². The number of nitrogens with zero attached hydrogens (tertiary/aromatic N) is 1. The van der Waals surface area contributed by atoms with Crippen LogP contribution in [0.25, 0.3) is 10.8 Å². The van der Waals surface area contributed by atoms with Crippen molar-refractivity contribution in [3.8, 4) is 0 Å². The van der Waals surface area contributed by atoms with Crippen molar-refractivity contribution in [3.05, 3.63) is 60.2 Å². The number of hydrogen-bond acceptors (Lipinski definition) is 2. The topological polar surface area (TPSA) is 41.5 Å². The maximum Gasteiger partial charge on any atom is 0.271 e. The van der Waals surface area contributed by atoms with Gasteiger partial charge in [0.25, 0.3) is 5.91 Å². The Hall–Kier alpha value is -2.42. The van der Waals surface area contributed by atoms with Gasteiger partial charge in [-0.3, -0.25) is 4.79 Å². The zero-order valence-corrected chi connectivity index (χ0v) is 11.6. The average molecular weight is 276 g/mol. The highest BCUT2D eigenvalue weighted by atomic mass is 16.2. The van der Waals surface area contributed by atoms with E-state index in [2.05, 4.69) is 22.7 Å². The van der Waals surface area contributed by atoms with E-state index in [1.165, 1.54) is 0 Å². The van der Waals surface area contributed by atoms with Crippen LogP contribution in [0.4, 0.5) is 0 Å². The lowest BCUT2D eigenvalue weighted by atomic mass is 9.74. The van der Waals surface area contributed by atoms with E-state index in [0.717, 1.165) is 29.3 Å². The van der Waals surface area contributed by atoms with Gasteiger partial charge in [-0.2, -0.15) is 5.10 Å². The number of carbonyl (C=O) groups excluding carboxylic acids is 1. The highest BCUT2D eigenvalue weighted by Crippen LogP contribution is 2.40. The lowest BCUT2D eigenvalue weighted by molar-refractivity contribution is 0.0955. The van der Waals surface area contributed by atoms with Crippen LogP contribution in [-0.4, -0.2) is 11.6 Å². The van der Waals surface area contributed by atoms with Gasteiger partial charge in [-0.1, -0.05) is 48.6 Å². The summed E-state index contributed by atoms with van der Waals surface area (Å²) in [5.41, 5.74) is 4.53. The fourth-order valence-electron chi connectivity index (χ4n) is 3.27. The van der Waals surface area contributed by atoms with Crippen LogP contribution in [0.1, 0.15) is 23.2 Å². The SMILES string of the molecule is O=C(NN=C1CC2C=CCC12)c1cccc2ccccc12. The molecule has 0 bridgehead atoms. The molecule has 0 aliphatic heterocycles. The first-order valence-electron chi connectivity index (χ1n) is 7.34. The Labute approximate surface area is 123 Å². The minimum atomic E-state index is -0.131. The predicted molar refractivity (Wildman–Crippen MR) is 84.2 cm³/mol. The second-order valence-corrected chi connectivity index (χ2v) is 5.71. The number of nitrogens with one attached hydrogen (secondary N) is 1. The van der Waals surface area contributed by atoms with Crippen LogP contribution in [0, 0.1) is 11.8 Å². The molecule has 3 heteroatoms. The van der Waals surface area contributed by atoms with Crippen molar-refractivity contribution in [1.29, 1.82) is 0 Å². The molecule has 104 valence electrons. The molecule has 0 saturated heterocycles. The molecular formula is C18H16N2O. The molecule has 3 nitrogen and oxygen atoms in total. The van der Waals surface area contributed by atoms with Crippen molar-refractivity contribution in [3.63, 3.8) is 0 Å². The van der Waals surface area contributed by atoms with E-state index < -0.39 is 0 Å². The number of hydrogen-bond donors (Lipinski definition) is 1. The van der Waals surface area contributed by atoms with Crippen molar-refractivity contribution >= 4 is 22.4 Å². The van der Waals surface area contributed by atoms with Gasteiger partial charge in [0.1, 0.15) is 0 Å². The second kappa shape index (κ2) is 4.85. The smallest absolute Gasteiger partial charge is 0.267 e. The number of amides is 1. The highest BCUT2D eigenvalue weighted by molar-refractivity contribution is 6.07. The molecule has 1 saturated carbocycles. The van der Waals surface area contributed by atoms with Gasteiger partial charge < -0.3 is 0 Å². The Morgan fingerprint density at radius 3 is 2.90 bits per heavy atom. The summed E-state index contributed by atoms with van der Waals surface area (Å²) < 4.78 is 0. The molecule has 1 fully saturated rings. The largest absolute Gasteiger partial charge is 0.271 e. The van der Waals surface area contributed by atoms with Gasteiger partial charge in [0.15, 0.2) is 0 Å². The Balaban J connectivity index is 1.56. The fraction of sp³-hybridized carbons (Fsp3) is 0.222. The average Bonchev–Trinajstić information content (AvgIpc) is 2.88. The van der Waals surface area contributed by atoms with Crippen LogP contribution in [0.5, 0.6) is 0 Å².